The number of aryl methyl sites for hydroxylation is 1. The van der Waals surface area contributed by atoms with Gasteiger partial charge in [0, 0.05) is 26.7 Å². The molecule has 0 saturated heterocycles. The maximum atomic E-state index is 10.2. The first-order chi connectivity index (χ1) is 12.5. The van der Waals surface area contributed by atoms with Crippen LogP contribution in [0.25, 0.3) is 21.3 Å². The molecule has 0 aliphatic heterocycles. The number of aliphatic hydroxyl groups excluding tert-OH is 1. The van der Waals surface area contributed by atoms with Crippen molar-refractivity contribution in [1.29, 1.82) is 0 Å². The highest BCUT2D eigenvalue weighted by Gasteiger charge is 2.31. The molecule has 2 N–H and O–H groups in total. The molecular weight excluding hydrogens is 340 g/mol. The molecule has 0 spiro atoms. The molecule has 0 fully saturated rings. The number of benzene rings is 1. The maximum Gasteiger partial charge on any atom is 0.0938 e. The minimum Gasteiger partial charge on any atom is -0.389 e. The first-order valence-corrected chi connectivity index (χ1v) is 10.2. The summed E-state index contributed by atoms with van der Waals surface area (Å²) in [6, 6.07) is 10.7. The molecule has 0 bridgehead atoms. The Morgan fingerprint density at radius 1 is 1.27 bits per heavy atom. The van der Waals surface area contributed by atoms with E-state index in [0.29, 0.717) is 0 Å². The van der Waals surface area contributed by atoms with Crippen molar-refractivity contribution >= 4 is 21.4 Å². The predicted molar refractivity (Wildman–Crippen MR) is 109 cm³/mol. The highest BCUT2D eigenvalue weighted by molar-refractivity contribution is 7.17. The number of thiophene rings is 1. The molecule has 26 heavy (non-hydrogen) atoms. The van der Waals surface area contributed by atoms with Gasteiger partial charge in [-0.05, 0) is 55.7 Å². The predicted octanol–water partition coefficient (Wildman–Crippen LogP) is 5.72. The van der Waals surface area contributed by atoms with Crippen molar-refractivity contribution in [2.75, 3.05) is 0 Å². The number of nitrogens with one attached hydrogen (secondary N) is 1. The van der Waals surface area contributed by atoms with Gasteiger partial charge in [0.15, 0.2) is 0 Å². The van der Waals surface area contributed by atoms with Crippen molar-refractivity contribution in [1.82, 2.24) is 10.2 Å². The van der Waals surface area contributed by atoms with Crippen LogP contribution in [-0.2, 0) is 6.42 Å². The van der Waals surface area contributed by atoms with E-state index in [9.17, 15) is 5.11 Å². The van der Waals surface area contributed by atoms with Crippen molar-refractivity contribution < 1.29 is 5.11 Å². The molecule has 2 aromatic heterocycles. The zero-order valence-corrected chi connectivity index (χ0v) is 16.5. The second-order valence-electron chi connectivity index (χ2n) is 8.02. The van der Waals surface area contributed by atoms with E-state index in [1.165, 1.54) is 26.8 Å². The summed E-state index contributed by atoms with van der Waals surface area (Å²) in [7, 11) is 0. The fourth-order valence-electron chi connectivity index (χ4n) is 4.20. The lowest BCUT2D eigenvalue weighted by molar-refractivity contribution is 0.158. The van der Waals surface area contributed by atoms with Crippen LogP contribution in [0.4, 0.5) is 0 Å². The fourth-order valence-corrected chi connectivity index (χ4v) is 5.15. The van der Waals surface area contributed by atoms with E-state index in [0.717, 1.165) is 37.1 Å². The van der Waals surface area contributed by atoms with E-state index in [1.807, 2.05) is 0 Å². The third-order valence-corrected chi connectivity index (χ3v) is 6.83. The number of rotatable bonds is 4. The average molecular weight is 367 g/mol. The van der Waals surface area contributed by atoms with Crippen LogP contribution in [0.3, 0.4) is 0 Å². The minimum absolute atomic E-state index is 0.176. The molecule has 1 aromatic carbocycles. The molecular formula is C22H26N2OS. The van der Waals surface area contributed by atoms with Gasteiger partial charge in [-0.3, -0.25) is 5.10 Å². The van der Waals surface area contributed by atoms with Gasteiger partial charge in [0.1, 0.15) is 0 Å². The number of aromatic nitrogens is 2. The van der Waals surface area contributed by atoms with Gasteiger partial charge in [-0.2, -0.15) is 5.10 Å². The smallest absolute Gasteiger partial charge is 0.0938 e. The molecule has 3 nitrogen and oxygen atoms in total. The van der Waals surface area contributed by atoms with Crippen molar-refractivity contribution in [2.24, 2.45) is 5.41 Å². The summed E-state index contributed by atoms with van der Waals surface area (Å²) in [5.41, 5.74) is 6.14. The molecule has 1 atom stereocenters. The number of aliphatic hydroxyl groups is 1. The van der Waals surface area contributed by atoms with E-state index >= 15 is 0 Å². The molecule has 4 rings (SSSR count). The minimum atomic E-state index is -0.271. The first kappa shape index (κ1) is 17.5. The SMILES string of the molecule is CC1=C(CCc2cc(-c3csc4ccccc34)n[nH]2)C(C)(C)CCC1O. The van der Waals surface area contributed by atoms with Gasteiger partial charge in [-0.15, -0.1) is 11.3 Å². The molecule has 1 aliphatic rings. The Labute approximate surface area is 158 Å². The van der Waals surface area contributed by atoms with Gasteiger partial charge < -0.3 is 5.11 Å². The van der Waals surface area contributed by atoms with Gasteiger partial charge in [0.25, 0.3) is 0 Å². The van der Waals surface area contributed by atoms with Crippen LogP contribution >= 0.6 is 11.3 Å². The molecule has 3 aromatic rings. The molecule has 0 saturated carbocycles. The normalized spacial score (nSPS) is 20.1. The maximum absolute atomic E-state index is 10.2. The van der Waals surface area contributed by atoms with E-state index in [1.54, 1.807) is 11.3 Å². The summed E-state index contributed by atoms with van der Waals surface area (Å²) in [4.78, 5) is 0. The number of H-pyrrole nitrogens is 1. The number of nitrogens with zero attached hydrogens (tertiary/aromatic N) is 1. The lowest BCUT2D eigenvalue weighted by Crippen LogP contribution is -2.28. The summed E-state index contributed by atoms with van der Waals surface area (Å²) >= 11 is 1.77. The van der Waals surface area contributed by atoms with Crippen molar-refractivity contribution in [2.45, 2.75) is 52.6 Å². The molecule has 1 unspecified atom stereocenters. The summed E-state index contributed by atoms with van der Waals surface area (Å²) in [5, 5.41) is 21.5. The van der Waals surface area contributed by atoms with Crippen LogP contribution in [0, 0.1) is 5.41 Å². The largest absolute Gasteiger partial charge is 0.389 e. The van der Waals surface area contributed by atoms with Gasteiger partial charge in [0.2, 0.25) is 0 Å². The average Bonchev–Trinajstić information content (AvgIpc) is 3.25. The number of aromatic amines is 1. The highest BCUT2D eigenvalue weighted by Crippen LogP contribution is 2.42. The first-order valence-electron chi connectivity index (χ1n) is 9.35. The van der Waals surface area contributed by atoms with Gasteiger partial charge in [0.05, 0.1) is 11.8 Å². The molecule has 4 heteroatoms. The number of hydrogen-bond donors (Lipinski definition) is 2. The monoisotopic (exact) mass is 366 g/mol. The Morgan fingerprint density at radius 2 is 2.08 bits per heavy atom. The standard InChI is InChI=1S/C22H26N2OS/c1-14-18(22(2,3)11-10-20(14)25)9-8-15-12-19(24-23-15)17-13-26-21-7-5-4-6-16(17)21/h4-7,12-13,20,25H,8-11H2,1-3H3,(H,23,24). The van der Waals surface area contributed by atoms with E-state index in [4.69, 9.17) is 0 Å². The summed E-state index contributed by atoms with van der Waals surface area (Å²) in [6.45, 7) is 6.69. The van der Waals surface area contributed by atoms with Crippen LogP contribution in [0.15, 0.2) is 46.9 Å². The Morgan fingerprint density at radius 3 is 2.92 bits per heavy atom. The topological polar surface area (TPSA) is 48.9 Å². The Kier molecular flexibility index (Phi) is 4.49. The molecule has 2 heterocycles. The van der Waals surface area contributed by atoms with Crippen molar-refractivity contribution in [3.63, 3.8) is 0 Å². The van der Waals surface area contributed by atoms with E-state index in [2.05, 4.69) is 66.7 Å². The second-order valence-corrected chi connectivity index (χ2v) is 8.94. The second kappa shape index (κ2) is 6.67. The van der Waals surface area contributed by atoms with Crippen LogP contribution in [0.5, 0.6) is 0 Å². The molecule has 1 aliphatic carbocycles. The lowest BCUT2D eigenvalue weighted by Gasteiger charge is -2.37. The van der Waals surface area contributed by atoms with Crippen LogP contribution < -0.4 is 0 Å². The summed E-state index contributed by atoms with van der Waals surface area (Å²) in [5.74, 6) is 0. The van der Waals surface area contributed by atoms with Crippen LogP contribution in [0.1, 0.15) is 45.7 Å². The van der Waals surface area contributed by atoms with E-state index in [-0.39, 0.29) is 11.5 Å². The Hall–Kier alpha value is -1.91. The van der Waals surface area contributed by atoms with Crippen molar-refractivity contribution in [3.8, 4) is 11.3 Å². The Balaban J connectivity index is 1.55. The zero-order valence-electron chi connectivity index (χ0n) is 15.7. The lowest BCUT2D eigenvalue weighted by atomic mass is 9.70. The van der Waals surface area contributed by atoms with Gasteiger partial charge in [-0.1, -0.05) is 37.6 Å². The molecule has 0 amide bonds. The fraction of sp³-hybridized carbons (Fsp3) is 0.409. The number of hydrogen-bond acceptors (Lipinski definition) is 3. The van der Waals surface area contributed by atoms with Gasteiger partial charge >= 0.3 is 0 Å². The zero-order chi connectivity index (χ0) is 18.3. The molecule has 136 valence electrons. The number of fused-ring (bicyclic) bond motifs is 1. The third-order valence-electron chi connectivity index (χ3n) is 5.87. The molecule has 0 radical (unpaired) electrons. The number of allylic oxidation sites excluding steroid dienone is 1. The third kappa shape index (κ3) is 3.12. The van der Waals surface area contributed by atoms with Gasteiger partial charge in [-0.25, -0.2) is 0 Å². The van der Waals surface area contributed by atoms with E-state index < -0.39 is 0 Å². The summed E-state index contributed by atoms with van der Waals surface area (Å²) < 4.78 is 1.30. The van der Waals surface area contributed by atoms with Crippen molar-refractivity contribution in [3.05, 3.63) is 52.6 Å². The van der Waals surface area contributed by atoms with Crippen LogP contribution in [-0.4, -0.2) is 21.4 Å². The highest BCUT2D eigenvalue weighted by atomic mass is 32.1. The Bertz CT molecular complexity index is 963. The van der Waals surface area contributed by atoms with Crippen LogP contribution in [0.2, 0.25) is 0 Å². The quantitative estimate of drug-likeness (QED) is 0.580. The summed E-state index contributed by atoms with van der Waals surface area (Å²) in [6.07, 6.45) is 3.56.